The van der Waals surface area contributed by atoms with Crippen molar-refractivity contribution in [1.82, 2.24) is 4.90 Å². The zero-order valence-corrected chi connectivity index (χ0v) is 11.9. The van der Waals surface area contributed by atoms with Gasteiger partial charge < -0.3 is 5.73 Å². The molecule has 0 saturated carbocycles. The molecule has 1 fully saturated rings. The van der Waals surface area contributed by atoms with Crippen molar-refractivity contribution in [2.75, 3.05) is 19.6 Å². The number of benzene rings is 1. The molecule has 0 radical (unpaired) electrons. The smallest absolute Gasteiger partial charge is 0.0349 e. The Kier molecular flexibility index (Phi) is 7.80. The van der Waals surface area contributed by atoms with Crippen molar-refractivity contribution in [1.29, 1.82) is 0 Å². The SMILES string of the molecule is Cc1ccc(C2CCCN2CCN)cc1.Cl.Cl. The van der Waals surface area contributed by atoms with E-state index in [1.54, 1.807) is 0 Å². The Bertz CT molecular complexity index is 314. The summed E-state index contributed by atoms with van der Waals surface area (Å²) in [6.45, 7) is 5.13. The molecule has 1 aliphatic heterocycles. The molecule has 0 aliphatic carbocycles. The summed E-state index contributed by atoms with van der Waals surface area (Å²) >= 11 is 0. The van der Waals surface area contributed by atoms with Crippen molar-refractivity contribution in [3.8, 4) is 0 Å². The minimum Gasteiger partial charge on any atom is -0.329 e. The monoisotopic (exact) mass is 276 g/mol. The maximum atomic E-state index is 5.63. The van der Waals surface area contributed by atoms with Gasteiger partial charge in [-0.3, -0.25) is 4.90 Å². The second kappa shape index (κ2) is 7.93. The van der Waals surface area contributed by atoms with E-state index in [0.29, 0.717) is 6.04 Å². The van der Waals surface area contributed by atoms with Crippen LogP contribution in [0.2, 0.25) is 0 Å². The van der Waals surface area contributed by atoms with Crippen LogP contribution in [0.1, 0.15) is 30.0 Å². The van der Waals surface area contributed by atoms with Crippen LogP contribution in [-0.4, -0.2) is 24.5 Å². The standard InChI is InChI=1S/C13H20N2.2ClH/c1-11-4-6-12(7-5-11)13-3-2-9-15(13)10-8-14;;/h4-7,13H,2-3,8-10,14H2,1H3;2*1H. The number of nitrogens with zero attached hydrogens (tertiary/aromatic N) is 1. The van der Waals surface area contributed by atoms with Crippen LogP contribution >= 0.6 is 24.8 Å². The van der Waals surface area contributed by atoms with Gasteiger partial charge in [0, 0.05) is 19.1 Å². The molecule has 2 nitrogen and oxygen atoms in total. The lowest BCUT2D eigenvalue weighted by Crippen LogP contribution is -2.29. The fourth-order valence-electron chi connectivity index (χ4n) is 2.43. The van der Waals surface area contributed by atoms with Crippen LogP contribution in [0.15, 0.2) is 24.3 Å². The molecule has 1 saturated heterocycles. The highest BCUT2D eigenvalue weighted by molar-refractivity contribution is 5.85. The highest BCUT2D eigenvalue weighted by Gasteiger charge is 2.24. The van der Waals surface area contributed by atoms with Crippen LogP contribution in [0.4, 0.5) is 0 Å². The summed E-state index contributed by atoms with van der Waals surface area (Å²) in [4.78, 5) is 2.50. The molecule has 1 aliphatic rings. The van der Waals surface area contributed by atoms with Gasteiger partial charge in [-0.2, -0.15) is 0 Å². The van der Waals surface area contributed by atoms with Gasteiger partial charge in [-0.05, 0) is 31.9 Å². The Balaban J connectivity index is 0.00000128. The second-order valence-corrected chi connectivity index (χ2v) is 4.39. The first-order chi connectivity index (χ1) is 7.31. The van der Waals surface area contributed by atoms with E-state index in [9.17, 15) is 0 Å². The first-order valence-electron chi connectivity index (χ1n) is 5.82. The molecular weight excluding hydrogens is 255 g/mol. The van der Waals surface area contributed by atoms with Gasteiger partial charge in [0.15, 0.2) is 0 Å². The topological polar surface area (TPSA) is 29.3 Å². The Hall–Kier alpha value is -0.280. The van der Waals surface area contributed by atoms with E-state index >= 15 is 0 Å². The molecule has 98 valence electrons. The van der Waals surface area contributed by atoms with Gasteiger partial charge in [0.2, 0.25) is 0 Å². The third-order valence-corrected chi connectivity index (χ3v) is 3.24. The number of hydrogen-bond donors (Lipinski definition) is 1. The van der Waals surface area contributed by atoms with E-state index in [2.05, 4.69) is 36.1 Å². The molecule has 1 aromatic rings. The van der Waals surface area contributed by atoms with Gasteiger partial charge in [0.05, 0.1) is 0 Å². The molecule has 1 unspecified atom stereocenters. The third-order valence-electron chi connectivity index (χ3n) is 3.24. The van der Waals surface area contributed by atoms with Crippen molar-refractivity contribution >= 4 is 24.8 Å². The molecule has 1 heterocycles. The number of likely N-dealkylation sites (tertiary alicyclic amines) is 1. The molecule has 1 atom stereocenters. The van der Waals surface area contributed by atoms with Gasteiger partial charge >= 0.3 is 0 Å². The minimum absolute atomic E-state index is 0. The predicted octanol–water partition coefficient (Wildman–Crippen LogP) is 2.93. The van der Waals surface area contributed by atoms with Gasteiger partial charge in [-0.25, -0.2) is 0 Å². The van der Waals surface area contributed by atoms with Gasteiger partial charge in [0.25, 0.3) is 0 Å². The highest BCUT2D eigenvalue weighted by Crippen LogP contribution is 2.31. The van der Waals surface area contributed by atoms with Crippen LogP contribution in [0.5, 0.6) is 0 Å². The van der Waals surface area contributed by atoms with Crippen molar-refractivity contribution in [2.45, 2.75) is 25.8 Å². The first kappa shape index (κ1) is 16.7. The van der Waals surface area contributed by atoms with Crippen LogP contribution < -0.4 is 5.73 Å². The van der Waals surface area contributed by atoms with Gasteiger partial charge in [-0.15, -0.1) is 24.8 Å². The highest BCUT2D eigenvalue weighted by atomic mass is 35.5. The molecule has 2 N–H and O–H groups in total. The van der Waals surface area contributed by atoms with E-state index < -0.39 is 0 Å². The number of hydrogen-bond acceptors (Lipinski definition) is 2. The molecule has 17 heavy (non-hydrogen) atoms. The van der Waals surface area contributed by atoms with Gasteiger partial charge in [-0.1, -0.05) is 29.8 Å². The molecule has 2 rings (SSSR count). The van der Waals surface area contributed by atoms with Crippen molar-refractivity contribution in [2.24, 2.45) is 5.73 Å². The molecule has 0 spiro atoms. The van der Waals surface area contributed by atoms with Crippen LogP contribution in [-0.2, 0) is 0 Å². The summed E-state index contributed by atoms with van der Waals surface area (Å²) in [7, 11) is 0. The average Bonchev–Trinajstić information content (AvgIpc) is 2.68. The summed E-state index contributed by atoms with van der Waals surface area (Å²) in [5.74, 6) is 0. The summed E-state index contributed by atoms with van der Waals surface area (Å²) in [5, 5.41) is 0. The van der Waals surface area contributed by atoms with Crippen molar-refractivity contribution in [3.05, 3.63) is 35.4 Å². The average molecular weight is 277 g/mol. The van der Waals surface area contributed by atoms with E-state index in [1.807, 2.05) is 0 Å². The van der Waals surface area contributed by atoms with Crippen molar-refractivity contribution < 1.29 is 0 Å². The van der Waals surface area contributed by atoms with Crippen LogP contribution in [0.25, 0.3) is 0 Å². The number of rotatable bonds is 3. The quantitative estimate of drug-likeness (QED) is 0.920. The van der Waals surface area contributed by atoms with E-state index in [-0.39, 0.29) is 24.8 Å². The van der Waals surface area contributed by atoms with E-state index in [0.717, 1.165) is 13.1 Å². The first-order valence-corrected chi connectivity index (χ1v) is 5.82. The Morgan fingerprint density at radius 1 is 1.24 bits per heavy atom. The fraction of sp³-hybridized carbons (Fsp3) is 0.538. The normalized spacial score (nSPS) is 19.5. The maximum Gasteiger partial charge on any atom is 0.0349 e. The van der Waals surface area contributed by atoms with E-state index in [1.165, 1.54) is 30.5 Å². The largest absolute Gasteiger partial charge is 0.329 e. The third kappa shape index (κ3) is 4.14. The second-order valence-electron chi connectivity index (χ2n) is 4.39. The lowest BCUT2D eigenvalue weighted by atomic mass is 10.0. The molecular formula is C13H22Cl2N2. The summed E-state index contributed by atoms with van der Waals surface area (Å²) < 4.78 is 0. The summed E-state index contributed by atoms with van der Waals surface area (Å²) in [5.41, 5.74) is 8.42. The van der Waals surface area contributed by atoms with Crippen LogP contribution in [0.3, 0.4) is 0 Å². The lowest BCUT2D eigenvalue weighted by molar-refractivity contribution is 0.264. The Morgan fingerprint density at radius 3 is 2.47 bits per heavy atom. The van der Waals surface area contributed by atoms with Gasteiger partial charge in [0.1, 0.15) is 0 Å². The molecule has 0 amide bonds. The van der Waals surface area contributed by atoms with Crippen molar-refractivity contribution in [3.63, 3.8) is 0 Å². The lowest BCUT2D eigenvalue weighted by Gasteiger charge is -2.24. The summed E-state index contributed by atoms with van der Waals surface area (Å²) in [6.07, 6.45) is 2.58. The Morgan fingerprint density at radius 2 is 1.88 bits per heavy atom. The van der Waals surface area contributed by atoms with Crippen LogP contribution in [0, 0.1) is 6.92 Å². The number of nitrogens with two attached hydrogens (primary N) is 1. The van der Waals surface area contributed by atoms with E-state index in [4.69, 9.17) is 5.73 Å². The minimum atomic E-state index is 0. The predicted molar refractivity (Wildman–Crippen MR) is 78.3 cm³/mol. The molecule has 0 aromatic heterocycles. The fourth-order valence-corrected chi connectivity index (χ4v) is 2.43. The Labute approximate surface area is 116 Å². The zero-order chi connectivity index (χ0) is 10.7. The summed E-state index contributed by atoms with van der Waals surface area (Å²) in [6, 6.07) is 9.53. The maximum absolute atomic E-state index is 5.63. The number of halogens is 2. The molecule has 1 aromatic carbocycles. The molecule has 4 heteroatoms. The number of aryl methyl sites for hydroxylation is 1. The molecule has 0 bridgehead atoms. The zero-order valence-electron chi connectivity index (χ0n) is 10.3.